The third-order valence-electron chi connectivity index (χ3n) is 3.89. The maximum absolute atomic E-state index is 12.4. The van der Waals surface area contributed by atoms with Gasteiger partial charge in [-0.05, 0) is 19.3 Å². The minimum Gasteiger partial charge on any atom is -0.481 e. The van der Waals surface area contributed by atoms with Crippen molar-refractivity contribution in [3.63, 3.8) is 0 Å². The van der Waals surface area contributed by atoms with E-state index in [-0.39, 0.29) is 18.1 Å². The molecule has 6 heteroatoms. The van der Waals surface area contributed by atoms with E-state index in [4.69, 9.17) is 9.84 Å². The van der Waals surface area contributed by atoms with Gasteiger partial charge in [-0.3, -0.25) is 4.79 Å². The summed E-state index contributed by atoms with van der Waals surface area (Å²) in [5.74, 6) is -1.35. The van der Waals surface area contributed by atoms with Gasteiger partial charge >= 0.3 is 12.0 Å². The second-order valence-corrected chi connectivity index (χ2v) is 5.28. The van der Waals surface area contributed by atoms with Crippen LogP contribution in [0.4, 0.5) is 4.79 Å². The molecule has 0 saturated carbocycles. The van der Waals surface area contributed by atoms with E-state index in [1.54, 1.807) is 24.2 Å². The van der Waals surface area contributed by atoms with E-state index in [1.165, 1.54) is 0 Å². The smallest absolute Gasteiger partial charge is 0.318 e. The Hall–Kier alpha value is -1.56. The fraction of sp³-hybridized carbons (Fsp3) is 0.733. The topological polar surface area (TPSA) is 78.9 Å². The molecule has 2 amide bonds. The van der Waals surface area contributed by atoms with Crippen molar-refractivity contribution < 1.29 is 19.4 Å². The SMILES string of the molecule is CCC(CC)N(CCOC)C(=O)NC1C=CC(C(=O)O)C1. The van der Waals surface area contributed by atoms with Gasteiger partial charge in [0.15, 0.2) is 0 Å². The molecule has 2 N–H and O–H groups in total. The zero-order chi connectivity index (χ0) is 15.8. The Bertz CT molecular complexity index is 380. The van der Waals surface area contributed by atoms with Crippen LogP contribution in [0.2, 0.25) is 0 Å². The Morgan fingerprint density at radius 1 is 1.38 bits per heavy atom. The number of carbonyl (C=O) groups is 2. The molecule has 21 heavy (non-hydrogen) atoms. The normalized spacial score (nSPS) is 20.8. The summed E-state index contributed by atoms with van der Waals surface area (Å²) in [6, 6.07) is -0.194. The van der Waals surface area contributed by atoms with Gasteiger partial charge in [0.25, 0.3) is 0 Å². The number of hydrogen-bond acceptors (Lipinski definition) is 3. The maximum atomic E-state index is 12.4. The predicted octanol–water partition coefficient (Wildman–Crippen LogP) is 1.86. The molecule has 0 aromatic heterocycles. The Labute approximate surface area is 126 Å². The van der Waals surface area contributed by atoms with Gasteiger partial charge in [0, 0.05) is 19.7 Å². The standard InChI is InChI=1S/C15H26N2O4/c1-4-13(5-2)17(8-9-21-3)15(20)16-12-7-6-11(10-12)14(18)19/h6-7,11-13H,4-5,8-10H2,1-3H3,(H,16,20)(H,18,19). The summed E-state index contributed by atoms with van der Waals surface area (Å²) in [5.41, 5.74) is 0. The van der Waals surface area contributed by atoms with Crippen LogP contribution >= 0.6 is 0 Å². The number of ether oxygens (including phenoxy) is 1. The van der Waals surface area contributed by atoms with Crippen LogP contribution in [-0.2, 0) is 9.53 Å². The molecule has 6 nitrogen and oxygen atoms in total. The van der Waals surface area contributed by atoms with Crippen molar-refractivity contribution in [3.8, 4) is 0 Å². The maximum Gasteiger partial charge on any atom is 0.318 e. The first-order valence-corrected chi connectivity index (χ1v) is 7.50. The lowest BCUT2D eigenvalue weighted by molar-refractivity contribution is -0.140. The van der Waals surface area contributed by atoms with Crippen LogP contribution < -0.4 is 5.32 Å². The van der Waals surface area contributed by atoms with Gasteiger partial charge in [0.1, 0.15) is 0 Å². The Kier molecular flexibility index (Phi) is 7.22. The molecule has 1 aliphatic carbocycles. The quantitative estimate of drug-likeness (QED) is 0.670. The summed E-state index contributed by atoms with van der Waals surface area (Å²) in [4.78, 5) is 25.1. The average molecular weight is 298 g/mol. The van der Waals surface area contributed by atoms with Crippen molar-refractivity contribution in [1.82, 2.24) is 10.2 Å². The lowest BCUT2D eigenvalue weighted by Crippen LogP contribution is -2.49. The highest BCUT2D eigenvalue weighted by Crippen LogP contribution is 2.18. The summed E-state index contributed by atoms with van der Waals surface area (Å²) < 4.78 is 5.07. The second-order valence-electron chi connectivity index (χ2n) is 5.28. The van der Waals surface area contributed by atoms with Crippen molar-refractivity contribution >= 4 is 12.0 Å². The molecule has 1 rings (SSSR count). The number of amides is 2. The number of methoxy groups -OCH3 is 1. The van der Waals surface area contributed by atoms with Crippen molar-refractivity contribution in [2.24, 2.45) is 5.92 Å². The molecule has 2 atom stereocenters. The van der Waals surface area contributed by atoms with Gasteiger partial charge < -0.3 is 20.1 Å². The van der Waals surface area contributed by atoms with E-state index in [0.29, 0.717) is 19.6 Å². The summed E-state index contributed by atoms with van der Waals surface area (Å²) in [7, 11) is 1.61. The molecule has 0 saturated heterocycles. The van der Waals surface area contributed by atoms with Gasteiger partial charge in [-0.25, -0.2) is 4.79 Å². The molecule has 0 aromatic carbocycles. The highest BCUT2D eigenvalue weighted by atomic mass is 16.5. The zero-order valence-electron chi connectivity index (χ0n) is 13.0. The molecule has 0 radical (unpaired) electrons. The Morgan fingerprint density at radius 2 is 2.05 bits per heavy atom. The van der Waals surface area contributed by atoms with Crippen molar-refractivity contribution in [2.45, 2.75) is 45.2 Å². The third-order valence-corrected chi connectivity index (χ3v) is 3.89. The molecular formula is C15H26N2O4. The minimum atomic E-state index is -0.848. The van der Waals surface area contributed by atoms with Crippen LogP contribution in [0.5, 0.6) is 0 Å². The van der Waals surface area contributed by atoms with Crippen LogP contribution in [0, 0.1) is 5.92 Å². The largest absolute Gasteiger partial charge is 0.481 e. The number of carboxylic acid groups (broad SMARTS) is 1. The fourth-order valence-electron chi connectivity index (χ4n) is 2.60. The van der Waals surface area contributed by atoms with Gasteiger partial charge in [-0.15, -0.1) is 0 Å². The van der Waals surface area contributed by atoms with E-state index in [9.17, 15) is 9.59 Å². The molecule has 120 valence electrons. The monoisotopic (exact) mass is 298 g/mol. The summed E-state index contributed by atoms with van der Waals surface area (Å²) in [5, 5.41) is 11.9. The van der Waals surface area contributed by atoms with Gasteiger partial charge in [0.05, 0.1) is 18.6 Å². The minimum absolute atomic E-state index is 0.151. The molecule has 0 bridgehead atoms. The summed E-state index contributed by atoms with van der Waals surface area (Å²) in [6.45, 7) is 5.13. The van der Waals surface area contributed by atoms with E-state index < -0.39 is 11.9 Å². The van der Waals surface area contributed by atoms with Crippen LogP contribution in [-0.4, -0.2) is 54.4 Å². The molecular weight excluding hydrogens is 272 g/mol. The number of nitrogens with one attached hydrogen (secondary N) is 1. The molecule has 0 spiro atoms. The van der Waals surface area contributed by atoms with E-state index in [2.05, 4.69) is 19.2 Å². The van der Waals surface area contributed by atoms with E-state index in [1.807, 2.05) is 0 Å². The first-order valence-electron chi connectivity index (χ1n) is 7.50. The van der Waals surface area contributed by atoms with Crippen LogP contribution in [0.1, 0.15) is 33.1 Å². The molecule has 0 fully saturated rings. The molecule has 0 heterocycles. The number of aliphatic carboxylic acids is 1. The lowest BCUT2D eigenvalue weighted by atomic mass is 10.1. The first kappa shape index (κ1) is 17.5. The first-order chi connectivity index (χ1) is 10.0. The number of carboxylic acids is 1. The number of hydrogen-bond donors (Lipinski definition) is 2. The highest BCUT2D eigenvalue weighted by molar-refractivity contribution is 5.76. The molecule has 2 unspecified atom stereocenters. The van der Waals surface area contributed by atoms with Crippen molar-refractivity contribution in [1.29, 1.82) is 0 Å². The molecule has 0 aliphatic heterocycles. The summed E-state index contributed by atoms with van der Waals surface area (Å²) >= 11 is 0. The van der Waals surface area contributed by atoms with Crippen molar-refractivity contribution in [2.75, 3.05) is 20.3 Å². The zero-order valence-corrected chi connectivity index (χ0v) is 13.0. The Morgan fingerprint density at radius 3 is 2.52 bits per heavy atom. The average Bonchev–Trinajstić information content (AvgIpc) is 2.92. The second kappa shape index (κ2) is 8.67. The number of nitrogens with zero attached hydrogens (tertiary/aromatic N) is 1. The predicted molar refractivity (Wildman–Crippen MR) is 80.2 cm³/mol. The number of rotatable bonds is 8. The van der Waals surface area contributed by atoms with Crippen LogP contribution in [0.25, 0.3) is 0 Å². The van der Waals surface area contributed by atoms with Gasteiger partial charge in [0.2, 0.25) is 0 Å². The number of urea groups is 1. The fourth-order valence-corrected chi connectivity index (χ4v) is 2.60. The third kappa shape index (κ3) is 5.04. The molecule has 1 aliphatic rings. The number of carbonyl (C=O) groups excluding carboxylic acids is 1. The highest BCUT2D eigenvalue weighted by Gasteiger charge is 2.28. The van der Waals surface area contributed by atoms with Crippen LogP contribution in [0.15, 0.2) is 12.2 Å². The van der Waals surface area contributed by atoms with E-state index in [0.717, 1.165) is 12.8 Å². The van der Waals surface area contributed by atoms with Crippen molar-refractivity contribution in [3.05, 3.63) is 12.2 Å². The van der Waals surface area contributed by atoms with E-state index >= 15 is 0 Å². The summed E-state index contributed by atoms with van der Waals surface area (Å²) in [6.07, 6.45) is 5.59. The lowest BCUT2D eigenvalue weighted by Gasteiger charge is -2.31. The molecule has 0 aromatic rings. The Balaban J connectivity index is 2.60. The van der Waals surface area contributed by atoms with Gasteiger partial charge in [-0.2, -0.15) is 0 Å². The van der Waals surface area contributed by atoms with Crippen LogP contribution in [0.3, 0.4) is 0 Å². The van der Waals surface area contributed by atoms with Gasteiger partial charge in [-0.1, -0.05) is 26.0 Å².